The van der Waals surface area contributed by atoms with Crippen molar-refractivity contribution in [2.24, 2.45) is 0 Å². The maximum atomic E-state index is 13.4. The maximum Gasteiger partial charge on any atom is 0.252 e. The highest BCUT2D eigenvalue weighted by Crippen LogP contribution is 2.20. The van der Waals surface area contributed by atoms with Crippen molar-refractivity contribution in [2.45, 2.75) is 13.0 Å². The monoisotopic (exact) mass is 344 g/mol. The molecule has 20 heavy (non-hydrogen) atoms. The van der Waals surface area contributed by atoms with Gasteiger partial charge in [-0.15, -0.1) is 0 Å². The Bertz CT molecular complexity index is 478. The molecule has 0 spiro atoms. The molecule has 110 valence electrons. The zero-order valence-electron chi connectivity index (χ0n) is 11.4. The normalized spacial score (nSPS) is 17.8. The molecule has 1 aliphatic rings. The predicted molar refractivity (Wildman–Crippen MR) is 78.3 cm³/mol. The molecule has 0 aromatic heterocycles. The van der Waals surface area contributed by atoms with E-state index in [1.807, 2.05) is 6.92 Å². The third kappa shape index (κ3) is 4.01. The Morgan fingerprint density at radius 3 is 2.90 bits per heavy atom. The van der Waals surface area contributed by atoms with Crippen LogP contribution in [-0.2, 0) is 4.74 Å². The lowest BCUT2D eigenvalue weighted by Crippen LogP contribution is -2.46. The molecule has 1 fully saturated rings. The van der Waals surface area contributed by atoms with Crippen molar-refractivity contribution >= 4 is 21.8 Å². The summed E-state index contributed by atoms with van der Waals surface area (Å²) in [6.45, 7) is 5.93. The van der Waals surface area contributed by atoms with Gasteiger partial charge in [-0.25, -0.2) is 4.39 Å². The molecule has 1 unspecified atom stereocenters. The van der Waals surface area contributed by atoms with Crippen LogP contribution in [0.1, 0.15) is 17.3 Å². The number of halogens is 2. The fraction of sp³-hybridized carbons (Fsp3) is 0.500. The van der Waals surface area contributed by atoms with Crippen LogP contribution in [0.5, 0.6) is 0 Å². The SMILES string of the molecule is CC(CN1CCOCC1)NC(=O)c1cccc(F)c1Br. The molecular weight excluding hydrogens is 327 g/mol. The molecule has 2 rings (SSSR count). The number of ether oxygens (including phenoxy) is 1. The van der Waals surface area contributed by atoms with Crippen molar-refractivity contribution < 1.29 is 13.9 Å². The third-order valence-corrected chi connectivity index (χ3v) is 4.02. The first-order valence-corrected chi connectivity index (χ1v) is 7.42. The summed E-state index contributed by atoms with van der Waals surface area (Å²) in [7, 11) is 0. The summed E-state index contributed by atoms with van der Waals surface area (Å²) in [6.07, 6.45) is 0. The average Bonchev–Trinajstić information content (AvgIpc) is 2.42. The van der Waals surface area contributed by atoms with Gasteiger partial charge in [0, 0.05) is 25.7 Å². The molecule has 0 bridgehead atoms. The minimum Gasteiger partial charge on any atom is -0.379 e. The Hall–Kier alpha value is -0.980. The van der Waals surface area contributed by atoms with Crippen LogP contribution in [0.2, 0.25) is 0 Å². The minimum absolute atomic E-state index is 0.00392. The van der Waals surface area contributed by atoms with E-state index in [-0.39, 0.29) is 16.4 Å². The molecule has 4 nitrogen and oxygen atoms in total. The van der Waals surface area contributed by atoms with Gasteiger partial charge in [-0.2, -0.15) is 0 Å². The second-order valence-corrected chi connectivity index (χ2v) is 5.68. The Balaban J connectivity index is 1.91. The summed E-state index contributed by atoms with van der Waals surface area (Å²) < 4.78 is 18.9. The first kappa shape index (κ1) is 15.4. The second kappa shape index (κ2) is 7.15. The van der Waals surface area contributed by atoms with Crippen molar-refractivity contribution in [3.8, 4) is 0 Å². The van der Waals surface area contributed by atoms with E-state index < -0.39 is 5.82 Å². The summed E-state index contributed by atoms with van der Waals surface area (Å²) in [5.74, 6) is -0.699. The number of hydrogen-bond donors (Lipinski definition) is 1. The van der Waals surface area contributed by atoms with Gasteiger partial charge in [-0.05, 0) is 35.0 Å². The van der Waals surface area contributed by atoms with Gasteiger partial charge in [0.2, 0.25) is 0 Å². The summed E-state index contributed by atoms with van der Waals surface area (Å²) in [6, 6.07) is 4.44. The molecule has 1 heterocycles. The fourth-order valence-corrected chi connectivity index (χ4v) is 2.64. The van der Waals surface area contributed by atoms with Gasteiger partial charge in [0.05, 0.1) is 23.2 Å². The zero-order valence-corrected chi connectivity index (χ0v) is 13.0. The van der Waals surface area contributed by atoms with Crippen LogP contribution in [0.15, 0.2) is 22.7 Å². The van der Waals surface area contributed by atoms with E-state index in [0.717, 1.165) is 32.8 Å². The Labute approximate surface area is 126 Å². The molecule has 1 saturated heterocycles. The number of hydrogen-bond acceptors (Lipinski definition) is 3. The smallest absolute Gasteiger partial charge is 0.252 e. The number of carbonyl (C=O) groups is 1. The number of nitrogens with one attached hydrogen (secondary N) is 1. The topological polar surface area (TPSA) is 41.6 Å². The highest BCUT2D eigenvalue weighted by atomic mass is 79.9. The molecule has 0 saturated carbocycles. The third-order valence-electron chi connectivity index (χ3n) is 3.21. The first-order valence-electron chi connectivity index (χ1n) is 6.63. The average molecular weight is 345 g/mol. The molecule has 6 heteroatoms. The molecule has 1 amide bonds. The quantitative estimate of drug-likeness (QED) is 0.908. The largest absolute Gasteiger partial charge is 0.379 e. The molecule has 1 aromatic carbocycles. The van der Waals surface area contributed by atoms with Crippen molar-refractivity contribution in [3.05, 3.63) is 34.1 Å². The van der Waals surface area contributed by atoms with Crippen molar-refractivity contribution in [2.75, 3.05) is 32.8 Å². The van der Waals surface area contributed by atoms with Crippen LogP contribution in [0.4, 0.5) is 4.39 Å². The van der Waals surface area contributed by atoms with Crippen molar-refractivity contribution in [1.29, 1.82) is 0 Å². The van der Waals surface area contributed by atoms with E-state index in [9.17, 15) is 9.18 Å². The fourth-order valence-electron chi connectivity index (χ4n) is 2.20. The van der Waals surface area contributed by atoms with Crippen LogP contribution in [0.3, 0.4) is 0 Å². The number of benzene rings is 1. The van der Waals surface area contributed by atoms with E-state index in [0.29, 0.717) is 5.56 Å². The van der Waals surface area contributed by atoms with E-state index in [1.165, 1.54) is 12.1 Å². The van der Waals surface area contributed by atoms with Crippen LogP contribution in [0.25, 0.3) is 0 Å². The van der Waals surface area contributed by atoms with Gasteiger partial charge in [-0.1, -0.05) is 6.07 Å². The summed E-state index contributed by atoms with van der Waals surface area (Å²) in [4.78, 5) is 14.4. The molecule has 1 N–H and O–H groups in total. The zero-order chi connectivity index (χ0) is 14.5. The van der Waals surface area contributed by atoms with E-state index >= 15 is 0 Å². The number of morpholine rings is 1. The van der Waals surface area contributed by atoms with E-state index in [4.69, 9.17) is 4.74 Å². The first-order chi connectivity index (χ1) is 9.58. The standard InChI is InChI=1S/C14H18BrFN2O2/c1-10(9-18-5-7-20-8-6-18)17-14(19)11-3-2-4-12(16)13(11)15/h2-4,10H,5-9H2,1H3,(H,17,19). The van der Waals surface area contributed by atoms with Gasteiger partial charge in [0.15, 0.2) is 0 Å². The van der Waals surface area contributed by atoms with Crippen LogP contribution >= 0.6 is 15.9 Å². The summed E-state index contributed by atoms with van der Waals surface area (Å²) >= 11 is 3.11. The lowest BCUT2D eigenvalue weighted by Gasteiger charge is -2.29. The van der Waals surface area contributed by atoms with Gasteiger partial charge < -0.3 is 10.1 Å². The van der Waals surface area contributed by atoms with Crippen molar-refractivity contribution in [1.82, 2.24) is 10.2 Å². The highest BCUT2D eigenvalue weighted by Gasteiger charge is 2.18. The summed E-state index contributed by atoms with van der Waals surface area (Å²) in [5, 5.41) is 2.89. The Kier molecular flexibility index (Phi) is 5.51. The van der Waals surface area contributed by atoms with Gasteiger partial charge in [0.1, 0.15) is 5.82 Å². The molecule has 1 aliphatic heterocycles. The molecule has 0 radical (unpaired) electrons. The number of amides is 1. The highest BCUT2D eigenvalue weighted by molar-refractivity contribution is 9.10. The number of carbonyl (C=O) groups excluding carboxylic acids is 1. The van der Waals surface area contributed by atoms with Gasteiger partial charge in [0.25, 0.3) is 5.91 Å². The Morgan fingerprint density at radius 1 is 1.50 bits per heavy atom. The maximum absolute atomic E-state index is 13.4. The van der Waals surface area contributed by atoms with E-state index in [2.05, 4.69) is 26.1 Å². The van der Waals surface area contributed by atoms with Crippen LogP contribution in [0, 0.1) is 5.82 Å². The second-order valence-electron chi connectivity index (χ2n) is 4.89. The van der Waals surface area contributed by atoms with Gasteiger partial charge in [-0.3, -0.25) is 9.69 Å². The molecule has 0 aliphatic carbocycles. The predicted octanol–water partition coefficient (Wildman–Crippen LogP) is 2.04. The molecule has 1 aromatic rings. The van der Waals surface area contributed by atoms with Crippen LogP contribution < -0.4 is 5.32 Å². The molecular formula is C14H18BrFN2O2. The number of rotatable bonds is 4. The lowest BCUT2D eigenvalue weighted by molar-refractivity contribution is 0.0342. The van der Waals surface area contributed by atoms with E-state index in [1.54, 1.807) is 6.07 Å². The van der Waals surface area contributed by atoms with Crippen LogP contribution in [-0.4, -0.2) is 49.7 Å². The molecule has 1 atom stereocenters. The lowest BCUT2D eigenvalue weighted by atomic mass is 10.2. The summed E-state index contributed by atoms with van der Waals surface area (Å²) in [5.41, 5.74) is 0.318. The number of nitrogens with zero attached hydrogens (tertiary/aromatic N) is 1. The van der Waals surface area contributed by atoms with Crippen molar-refractivity contribution in [3.63, 3.8) is 0 Å². The minimum atomic E-state index is -0.432. The Morgan fingerprint density at radius 2 is 2.20 bits per heavy atom. The van der Waals surface area contributed by atoms with Gasteiger partial charge >= 0.3 is 0 Å².